The summed E-state index contributed by atoms with van der Waals surface area (Å²) in [6.07, 6.45) is 2.37. The second-order valence-electron chi connectivity index (χ2n) is 4.02. The van der Waals surface area contributed by atoms with Crippen LogP contribution in [0.1, 0.15) is 30.0 Å². The van der Waals surface area contributed by atoms with E-state index in [4.69, 9.17) is 5.73 Å². The van der Waals surface area contributed by atoms with Crippen LogP contribution in [0.3, 0.4) is 0 Å². The van der Waals surface area contributed by atoms with Crippen LogP contribution in [0.25, 0.3) is 0 Å². The Balaban J connectivity index is 2.39. The number of phenolic OH excluding ortho intramolecular Hbond substituents is 1. The molecule has 0 spiro atoms. The van der Waals surface area contributed by atoms with Gasteiger partial charge in [0.1, 0.15) is 5.75 Å². The molecule has 0 saturated heterocycles. The summed E-state index contributed by atoms with van der Waals surface area (Å²) in [5, 5.41) is 9.87. The molecule has 0 heterocycles. The zero-order chi connectivity index (χ0) is 10.3. The molecule has 3 N–H and O–H groups in total. The van der Waals surface area contributed by atoms with Gasteiger partial charge in [0.2, 0.25) is 0 Å². The van der Waals surface area contributed by atoms with Gasteiger partial charge in [0, 0.05) is 16.1 Å². The Labute approximate surface area is 92.3 Å². The monoisotopic (exact) mass is 255 g/mol. The van der Waals surface area contributed by atoms with Gasteiger partial charge in [-0.2, -0.15) is 0 Å². The number of phenols is 1. The molecule has 1 unspecified atom stereocenters. The van der Waals surface area contributed by atoms with E-state index in [1.807, 2.05) is 19.1 Å². The van der Waals surface area contributed by atoms with E-state index in [2.05, 4.69) is 15.9 Å². The predicted molar refractivity (Wildman–Crippen MR) is 60.2 cm³/mol. The van der Waals surface area contributed by atoms with Gasteiger partial charge in [0.15, 0.2) is 0 Å². The first kappa shape index (κ1) is 9.99. The minimum atomic E-state index is -0.00815. The highest BCUT2D eigenvalue weighted by atomic mass is 79.9. The average molecular weight is 256 g/mol. The summed E-state index contributed by atoms with van der Waals surface area (Å²) in [4.78, 5) is 0. The van der Waals surface area contributed by atoms with E-state index in [-0.39, 0.29) is 6.04 Å². The third kappa shape index (κ3) is 1.79. The number of benzene rings is 1. The summed E-state index contributed by atoms with van der Waals surface area (Å²) >= 11 is 3.42. The average Bonchev–Trinajstić information content (AvgIpc) is 2.93. The SMILES string of the molecule is Cc1cc(Br)cc(C(N)C2CC2)c1O. The Morgan fingerprint density at radius 3 is 2.71 bits per heavy atom. The number of halogens is 1. The van der Waals surface area contributed by atoms with Gasteiger partial charge in [-0.25, -0.2) is 0 Å². The summed E-state index contributed by atoms with van der Waals surface area (Å²) in [6.45, 7) is 1.89. The van der Waals surface area contributed by atoms with Crippen molar-refractivity contribution < 1.29 is 5.11 Å². The van der Waals surface area contributed by atoms with Crippen LogP contribution >= 0.6 is 15.9 Å². The fraction of sp³-hybridized carbons (Fsp3) is 0.455. The maximum absolute atomic E-state index is 9.87. The van der Waals surface area contributed by atoms with Crippen molar-refractivity contribution in [2.24, 2.45) is 11.7 Å². The molecule has 1 aliphatic carbocycles. The van der Waals surface area contributed by atoms with Crippen LogP contribution in [-0.4, -0.2) is 5.11 Å². The Hall–Kier alpha value is -0.540. The second kappa shape index (κ2) is 3.55. The smallest absolute Gasteiger partial charge is 0.123 e. The van der Waals surface area contributed by atoms with Crippen molar-refractivity contribution >= 4 is 15.9 Å². The molecule has 1 fully saturated rings. The predicted octanol–water partition coefficient (Wildman–Crippen LogP) is 2.87. The first-order chi connectivity index (χ1) is 6.59. The number of aryl methyl sites for hydroxylation is 1. The normalized spacial score (nSPS) is 18.2. The molecule has 76 valence electrons. The highest BCUT2D eigenvalue weighted by molar-refractivity contribution is 9.10. The van der Waals surface area contributed by atoms with Gasteiger partial charge in [0.05, 0.1) is 0 Å². The van der Waals surface area contributed by atoms with Gasteiger partial charge in [-0.1, -0.05) is 15.9 Å². The van der Waals surface area contributed by atoms with Crippen LogP contribution in [0, 0.1) is 12.8 Å². The number of rotatable bonds is 2. The maximum atomic E-state index is 9.87. The first-order valence-electron chi connectivity index (χ1n) is 4.84. The fourth-order valence-electron chi connectivity index (χ4n) is 1.72. The van der Waals surface area contributed by atoms with Gasteiger partial charge in [-0.15, -0.1) is 0 Å². The molecule has 1 saturated carbocycles. The van der Waals surface area contributed by atoms with Crippen LogP contribution in [0.5, 0.6) is 5.75 Å². The number of hydrogen-bond donors (Lipinski definition) is 2. The largest absolute Gasteiger partial charge is 0.507 e. The number of nitrogens with two attached hydrogens (primary N) is 1. The zero-order valence-electron chi connectivity index (χ0n) is 8.13. The van der Waals surface area contributed by atoms with E-state index in [0.29, 0.717) is 11.7 Å². The van der Waals surface area contributed by atoms with Crippen LogP contribution < -0.4 is 5.73 Å². The molecule has 2 rings (SSSR count). The van der Waals surface area contributed by atoms with E-state index in [9.17, 15) is 5.11 Å². The van der Waals surface area contributed by atoms with Gasteiger partial charge in [0.25, 0.3) is 0 Å². The minimum Gasteiger partial charge on any atom is -0.507 e. The molecular weight excluding hydrogens is 242 g/mol. The molecule has 0 radical (unpaired) electrons. The van der Waals surface area contributed by atoms with Crippen LogP contribution in [0.2, 0.25) is 0 Å². The van der Waals surface area contributed by atoms with Crippen LogP contribution in [0.15, 0.2) is 16.6 Å². The number of aromatic hydroxyl groups is 1. The van der Waals surface area contributed by atoms with Gasteiger partial charge in [-0.05, 0) is 43.4 Å². The van der Waals surface area contributed by atoms with Crippen molar-refractivity contribution in [2.75, 3.05) is 0 Å². The molecule has 0 bridgehead atoms. The quantitative estimate of drug-likeness (QED) is 0.854. The van der Waals surface area contributed by atoms with Gasteiger partial charge in [-0.3, -0.25) is 0 Å². The highest BCUT2D eigenvalue weighted by Gasteiger charge is 2.31. The van der Waals surface area contributed by atoms with Gasteiger partial charge >= 0.3 is 0 Å². The summed E-state index contributed by atoms with van der Waals surface area (Å²) in [7, 11) is 0. The lowest BCUT2D eigenvalue weighted by molar-refractivity contribution is 0.452. The molecule has 1 atom stereocenters. The van der Waals surface area contributed by atoms with Crippen molar-refractivity contribution in [1.82, 2.24) is 0 Å². The maximum Gasteiger partial charge on any atom is 0.123 e. The first-order valence-corrected chi connectivity index (χ1v) is 5.63. The molecule has 3 heteroatoms. The third-order valence-electron chi connectivity index (χ3n) is 2.78. The lowest BCUT2D eigenvalue weighted by Gasteiger charge is -2.14. The Morgan fingerprint density at radius 2 is 2.14 bits per heavy atom. The Morgan fingerprint density at radius 1 is 1.50 bits per heavy atom. The van der Waals surface area contributed by atoms with Gasteiger partial charge < -0.3 is 10.8 Å². The van der Waals surface area contributed by atoms with Crippen molar-refractivity contribution in [3.05, 3.63) is 27.7 Å². The van der Waals surface area contributed by atoms with Crippen LogP contribution in [0.4, 0.5) is 0 Å². The van der Waals surface area contributed by atoms with E-state index < -0.39 is 0 Å². The highest BCUT2D eigenvalue weighted by Crippen LogP contribution is 2.43. The molecule has 0 aromatic heterocycles. The molecule has 14 heavy (non-hydrogen) atoms. The third-order valence-corrected chi connectivity index (χ3v) is 3.24. The molecule has 1 aromatic rings. The zero-order valence-corrected chi connectivity index (χ0v) is 9.71. The molecule has 0 aliphatic heterocycles. The molecular formula is C11H14BrNO. The minimum absolute atomic E-state index is 0.00815. The van der Waals surface area contributed by atoms with E-state index in [0.717, 1.165) is 15.6 Å². The van der Waals surface area contributed by atoms with Crippen molar-refractivity contribution in [2.45, 2.75) is 25.8 Å². The lowest BCUT2D eigenvalue weighted by Crippen LogP contribution is -2.12. The summed E-state index contributed by atoms with van der Waals surface area (Å²) in [5.74, 6) is 0.919. The summed E-state index contributed by atoms with van der Waals surface area (Å²) in [6, 6.07) is 3.82. The lowest BCUT2D eigenvalue weighted by atomic mass is 10.00. The van der Waals surface area contributed by atoms with Crippen molar-refractivity contribution in [3.8, 4) is 5.75 Å². The second-order valence-corrected chi connectivity index (χ2v) is 4.94. The van der Waals surface area contributed by atoms with E-state index >= 15 is 0 Å². The summed E-state index contributed by atoms with van der Waals surface area (Å²) < 4.78 is 0.985. The number of hydrogen-bond acceptors (Lipinski definition) is 2. The topological polar surface area (TPSA) is 46.2 Å². The van der Waals surface area contributed by atoms with Crippen molar-refractivity contribution in [3.63, 3.8) is 0 Å². The van der Waals surface area contributed by atoms with E-state index in [1.54, 1.807) is 0 Å². The fourth-order valence-corrected chi connectivity index (χ4v) is 2.31. The molecule has 1 aromatic carbocycles. The van der Waals surface area contributed by atoms with E-state index in [1.165, 1.54) is 12.8 Å². The molecule has 2 nitrogen and oxygen atoms in total. The van der Waals surface area contributed by atoms with Crippen LogP contribution in [-0.2, 0) is 0 Å². The Kier molecular flexibility index (Phi) is 2.54. The molecule has 0 amide bonds. The molecule has 1 aliphatic rings. The standard InChI is InChI=1S/C11H14BrNO/c1-6-4-8(12)5-9(11(6)14)10(13)7-2-3-7/h4-5,7,10,14H,2-3,13H2,1H3. The summed E-state index contributed by atoms with van der Waals surface area (Å²) in [5.41, 5.74) is 7.81. The van der Waals surface area contributed by atoms with Crippen molar-refractivity contribution in [1.29, 1.82) is 0 Å². The Bertz CT molecular complexity index is 361.